The van der Waals surface area contributed by atoms with Gasteiger partial charge in [0.1, 0.15) is 30.2 Å². The molecular formula is C34H62N8O13. The molecule has 5 atom stereocenters. The van der Waals surface area contributed by atoms with Crippen LogP contribution in [0.5, 0.6) is 0 Å². The maximum absolute atomic E-state index is 10.6. The number of rotatable bonds is 15. The van der Waals surface area contributed by atoms with E-state index >= 15 is 0 Å². The van der Waals surface area contributed by atoms with E-state index in [0.29, 0.717) is 31.1 Å². The third-order valence-electron chi connectivity index (χ3n) is 6.43. The predicted octanol–water partition coefficient (Wildman–Crippen LogP) is -0.631. The van der Waals surface area contributed by atoms with Crippen LogP contribution in [-0.4, -0.2) is 114 Å². The molecule has 21 N–H and O–H groups in total. The van der Waals surface area contributed by atoms with E-state index in [0.717, 1.165) is 16.5 Å². The van der Waals surface area contributed by atoms with Gasteiger partial charge in [-0.3, -0.25) is 33.6 Å². The van der Waals surface area contributed by atoms with Crippen molar-refractivity contribution in [3.05, 3.63) is 36.0 Å². The highest BCUT2D eigenvalue weighted by molar-refractivity contribution is 5.84. The first-order chi connectivity index (χ1) is 25.1. The van der Waals surface area contributed by atoms with Gasteiger partial charge in [-0.05, 0) is 42.2 Å². The van der Waals surface area contributed by atoms with Gasteiger partial charge in [0.2, 0.25) is 5.91 Å². The number of carboxylic acid groups (broad SMARTS) is 6. The molecule has 21 heteroatoms. The van der Waals surface area contributed by atoms with Crippen LogP contribution in [0.4, 0.5) is 0 Å². The Morgan fingerprint density at radius 3 is 1.24 bits per heavy atom. The molecule has 1 aromatic carbocycles. The van der Waals surface area contributed by atoms with Crippen molar-refractivity contribution in [2.45, 2.75) is 97.4 Å². The normalized spacial score (nSPS) is 12.8. The number of amides is 1. The van der Waals surface area contributed by atoms with Crippen molar-refractivity contribution in [1.29, 1.82) is 0 Å². The topological polar surface area (TPSA) is 439 Å². The number of fused-ring (bicyclic) bond motifs is 1. The van der Waals surface area contributed by atoms with Crippen LogP contribution >= 0.6 is 0 Å². The average molecular weight is 791 g/mol. The summed E-state index contributed by atoms with van der Waals surface area (Å²) >= 11 is 0. The number of carbonyl (C=O) groups excluding carboxylic acids is 1. The Hall–Kier alpha value is -5.19. The number of nitrogens with two attached hydrogens (primary N) is 7. The maximum Gasteiger partial charge on any atom is 0.321 e. The largest absolute Gasteiger partial charge is 0.480 e. The van der Waals surface area contributed by atoms with E-state index < -0.39 is 71.9 Å². The van der Waals surface area contributed by atoms with Gasteiger partial charge in [-0.15, -0.1) is 0 Å². The number of nitrogens with one attached hydrogen (secondary N) is 1. The molecular weight excluding hydrogens is 728 g/mol. The second-order valence-corrected chi connectivity index (χ2v) is 13.0. The van der Waals surface area contributed by atoms with Gasteiger partial charge in [-0.1, -0.05) is 59.7 Å². The van der Waals surface area contributed by atoms with Crippen LogP contribution in [0.25, 0.3) is 10.9 Å². The molecule has 1 amide bonds. The Labute approximate surface area is 319 Å². The number of aromatic amines is 1. The van der Waals surface area contributed by atoms with Crippen molar-refractivity contribution < 1.29 is 64.2 Å². The quantitative estimate of drug-likeness (QED) is 0.107. The van der Waals surface area contributed by atoms with Gasteiger partial charge in [0, 0.05) is 23.5 Å². The number of aliphatic carboxylic acids is 6. The van der Waals surface area contributed by atoms with Crippen LogP contribution in [0.2, 0.25) is 0 Å². The second kappa shape index (κ2) is 31.2. The maximum atomic E-state index is 10.6. The van der Waals surface area contributed by atoms with Crippen molar-refractivity contribution in [3.63, 3.8) is 0 Å². The Balaban J connectivity index is -0.000000293. The van der Waals surface area contributed by atoms with E-state index in [2.05, 4.69) is 16.5 Å². The molecule has 2 aromatic rings. The lowest BCUT2D eigenvalue weighted by Gasteiger charge is -2.07. The Kier molecular flexibility index (Phi) is 32.1. The van der Waals surface area contributed by atoms with Crippen LogP contribution < -0.4 is 40.1 Å². The Morgan fingerprint density at radius 1 is 0.618 bits per heavy atom. The van der Waals surface area contributed by atoms with E-state index in [-0.39, 0.29) is 18.9 Å². The minimum absolute atomic E-state index is 0.0208. The molecule has 0 aliphatic rings. The summed E-state index contributed by atoms with van der Waals surface area (Å²) in [7, 11) is 0. The summed E-state index contributed by atoms with van der Waals surface area (Å²) in [5.74, 6) is -5.88. The molecule has 0 aliphatic heterocycles. The van der Waals surface area contributed by atoms with Crippen LogP contribution in [0, 0.1) is 17.8 Å². The number of aromatic nitrogens is 1. The lowest BCUT2D eigenvalue weighted by Crippen LogP contribution is -2.34. The van der Waals surface area contributed by atoms with Crippen molar-refractivity contribution in [2.24, 2.45) is 57.9 Å². The SMILES string of the molecule is CC(C)C(N)C(=O)O.CC(C)CC(N)C(=O)O.CC(C)CC(N)C(=O)O.NC(=O)CC(N)C(=O)O.NC(Cc1c[nH]c2ccccc12)C(=O)O.NCC(=O)O. The predicted molar refractivity (Wildman–Crippen MR) is 204 cm³/mol. The smallest absolute Gasteiger partial charge is 0.321 e. The number of para-hydroxylation sites is 1. The van der Waals surface area contributed by atoms with Crippen molar-refractivity contribution in [2.75, 3.05) is 6.54 Å². The fraction of sp³-hybridized carbons (Fsp3) is 0.559. The summed E-state index contributed by atoms with van der Waals surface area (Å²) in [6.45, 7) is 11.1. The zero-order valence-corrected chi connectivity index (χ0v) is 32.1. The second-order valence-electron chi connectivity index (χ2n) is 13.0. The van der Waals surface area contributed by atoms with Gasteiger partial charge in [0.15, 0.2) is 0 Å². The molecule has 2 rings (SSSR count). The summed E-state index contributed by atoms with van der Waals surface area (Å²) in [4.78, 5) is 73.1. The summed E-state index contributed by atoms with van der Waals surface area (Å²) in [6, 6.07) is 3.66. The lowest BCUT2D eigenvalue weighted by molar-refractivity contribution is -0.140. The molecule has 316 valence electrons. The van der Waals surface area contributed by atoms with Crippen LogP contribution in [0.15, 0.2) is 30.5 Å². The van der Waals surface area contributed by atoms with Gasteiger partial charge in [0.25, 0.3) is 0 Å². The number of primary amides is 1. The Morgan fingerprint density at radius 2 is 1.00 bits per heavy atom. The monoisotopic (exact) mass is 790 g/mol. The summed E-state index contributed by atoms with van der Waals surface area (Å²) in [5, 5.41) is 50.3. The molecule has 0 spiro atoms. The van der Waals surface area contributed by atoms with Gasteiger partial charge in [-0.2, -0.15) is 0 Å². The zero-order chi connectivity index (χ0) is 44.2. The summed E-state index contributed by atoms with van der Waals surface area (Å²) in [5.41, 5.74) is 37.2. The molecule has 0 saturated carbocycles. The van der Waals surface area contributed by atoms with Crippen molar-refractivity contribution in [1.82, 2.24) is 4.98 Å². The lowest BCUT2D eigenvalue weighted by atomic mass is 10.1. The average Bonchev–Trinajstić information content (AvgIpc) is 3.47. The van der Waals surface area contributed by atoms with Crippen LogP contribution in [0.1, 0.15) is 66.4 Å². The Bertz CT molecular complexity index is 1420. The highest BCUT2D eigenvalue weighted by Crippen LogP contribution is 2.18. The van der Waals surface area contributed by atoms with Crippen LogP contribution in [-0.2, 0) is 40.0 Å². The van der Waals surface area contributed by atoms with E-state index in [1.165, 1.54) is 0 Å². The van der Waals surface area contributed by atoms with Crippen molar-refractivity contribution in [3.8, 4) is 0 Å². The number of hydrogen-bond acceptors (Lipinski definition) is 13. The third-order valence-corrected chi connectivity index (χ3v) is 6.43. The third kappa shape index (κ3) is 33.1. The molecule has 21 nitrogen and oxygen atoms in total. The van der Waals surface area contributed by atoms with E-state index in [1.54, 1.807) is 13.8 Å². The first-order valence-electron chi connectivity index (χ1n) is 16.8. The first-order valence-corrected chi connectivity index (χ1v) is 16.8. The van der Waals surface area contributed by atoms with Crippen molar-refractivity contribution >= 4 is 52.6 Å². The van der Waals surface area contributed by atoms with Gasteiger partial charge < -0.3 is 75.8 Å². The van der Waals surface area contributed by atoms with Gasteiger partial charge in [-0.25, -0.2) is 0 Å². The molecule has 1 heterocycles. The number of carbonyl (C=O) groups is 7. The standard InChI is InChI=1S/C11H12N2O2.2C6H13NO2.C5H11NO2.C4H8N2O3.C2H5NO2/c12-9(11(14)15)5-7-6-13-10-4-2-1-3-8(7)10;2*1-4(2)3-5(7)6(8)9;1-3(2)4(6)5(7)8;5-2(4(8)9)1-3(6)7;3-1-2(4)5/h1-4,6,9,13H,5,12H2,(H,14,15);2*4-5H,3,7H2,1-2H3,(H,8,9);3-4H,6H2,1-2H3,(H,7,8);2H,1,5H2,(H2,6,7)(H,8,9);1,3H2,(H,4,5). The summed E-state index contributed by atoms with van der Waals surface area (Å²) in [6.07, 6.45) is 2.95. The molecule has 1 aromatic heterocycles. The molecule has 0 radical (unpaired) electrons. The molecule has 0 fully saturated rings. The first kappa shape index (κ1) is 56.5. The molecule has 0 aliphatic carbocycles. The van der Waals surface area contributed by atoms with Crippen LogP contribution in [0.3, 0.4) is 0 Å². The molecule has 0 saturated heterocycles. The number of H-pyrrole nitrogens is 1. The molecule has 55 heavy (non-hydrogen) atoms. The number of benzene rings is 1. The van der Waals surface area contributed by atoms with Gasteiger partial charge >= 0.3 is 35.8 Å². The zero-order valence-electron chi connectivity index (χ0n) is 32.1. The summed E-state index contributed by atoms with van der Waals surface area (Å²) < 4.78 is 0. The fourth-order valence-corrected chi connectivity index (χ4v) is 3.43. The van der Waals surface area contributed by atoms with E-state index in [1.807, 2.05) is 58.2 Å². The number of hydrogen-bond donors (Lipinski definition) is 14. The molecule has 5 unspecified atom stereocenters. The molecule has 0 bridgehead atoms. The minimum atomic E-state index is -1.21. The minimum Gasteiger partial charge on any atom is -0.480 e. The van der Waals surface area contributed by atoms with Gasteiger partial charge in [0.05, 0.1) is 13.0 Å². The highest BCUT2D eigenvalue weighted by Gasteiger charge is 2.16. The van der Waals surface area contributed by atoms with E-state index in [9.17, 15) is 33.6 Å². The number of carboxylic acids is 6. The highest BCUT2D eigenvalue weighted by atomic mass is 16.4. The van der Waals surface area contributed by atoms with E-state index in [4.69, 9.17) is 59.3 Å². The fourth-order valence-electron chi connectivity index (χ4n) is 3.43.